The summed E-state index contributed by atoms with van der Waals surface area (Å²) in [4.78, 5) is 31.1. The van der Waals surface area contributed by atoms with Crippen molar-refractivity contribution in [1.29, 1.82) is 0 Å². The molecule has 0 aromatic carbocycles. The Morgan fingerprint density at radius 2 is 1.63 bits per heavy atom. The SMILES string of the molecule is [2H]C([2H])(OC(=O)CCCCCCC/C=C\C/C=C\CCCCC)C([2H])(O)C([2H])([2H])OP(=O)([O-])O.[Na+]. The summed E-state index contributed by atoms with van der Waals surface area (Å²) in [6.07, 6.45) is 15.0. The molecular formula is C21H38NaO7P. The minimum absolute atomic E-state index is 0. The van der Waals surface area contributed by atoms with E-state index in [0.717, 1.165) is 38.5 Å². The van der Waals surface area contributed by atoms with Crippen molar-refractivity contribution in [2.75, 3.05) is 13.1 Å². The fourth-order valence-corrected chi connectivity index (χ4v) is 2.56. The minimum atomic E-state index is -5.75. The molecule has 0 rings (SSSR count). The van der Waals surface area contributed by atoms with Crippen molar-refractivity contribution in [1.82, 2.24) is 0 Å². The summed E-state index contributed by atoms with van der Waals surface area (Å²) in [5.74, 6) is -1.13. The molecule has 0 aliphatic rings. The van der Waals surface area contributed by atoms with E-state index in [9.17, 15) is 19.4 Å². The Bertz CT molecular complexity index is 700. The van der Waals surface area contributed by atoms with Crippen molar-refractivity contribution >= 4 is 13.8 Å². The zero-order valence-electron chi connectivity index (χ0n) is 23.2. The monoisotopic (exact) mass is 461 g/mol. The van der Waals surface area contributed by atoms with Crippen molar-refractivity contribution in [3.63, 3.8) is 0 Å². The molecule has 0 amide bonds. The second kappa shape index (κ2) is 22.2. The van der Waals surface area contributed by atoms with Gasteiger partial charge in [0.25, 0.3) is 7.82 Å². The molecule has 2 unspecified atom stereocenters. The van der Waals surface area contributed by atoms with Crippen LogP contribution in [0.15, 0.2) is 24.3 Å². The Morgan fingerprint density at radius 3 is 2.23 bits per heavy atom. The Morgan fingerprint density at radius 1 is 1.07 bits per heavy atom. The fraction of sp³-hybridized carbons (Fsp3) is 0.762. The first-order valence-corrected chi connectivity index (χ1v) is 11.6. The molecule has 0 heterocycles. The molecule has 0 bridgehead atoms. The van der Waals surface area contributed by atoms with Crippen LogP contribution >= 0.6 is 7.82 Å². The van der Waals surface area contributed by atoms with E-state index >= 15 is 0 Å². The normalized spacial score (nSPS) is 19.0. The van der Waals surface area contributed by atoms with Crippen LogP contribution in [0.4, 0.5) is 0 Å². The van der Waals surface area contributed by atoms with Gasteiger partial charge in [0.1, 0.15) is 12.6 Å². The number of carbonyl (C=O) groups is 1. The summed E-state index contributed by atoms with van der Waals surface area (Å²) in [7, 11) is -5.75. The maximum Gasteiger partial charge on any atom is 1.00 e. The number of esters is 1. The summed E-state index contributed by atoms with van der Waals surface area (Å²) in [6, 6.07) is 0. The number of unbranched alkanes of at least 4 members (excludes halogenated alkanes) is 8. The van der Waals surface area contributed by atoms with E-state index in [0.29, 0.717) is 12.8 Å². The molecule has 30 heavy (non-hydrogen) atoms. The number of aliphatic hydroxyl groups is 1. The van der Waals surface area contributed by atoms with E-state index in [-0.39, 0.29) is 36.0 Å². The predicted octanol–water partition coefficient (Wildman–Crippen LogP) is 1.19. The van der Waals surface area contributed by atoms with Crippen LogP contribution < -0.4 is 34.5 Å². The van der Waals surface area contributed by atoms with Gasteiger partial charge in [0.15, 0.2) is 0 Å². The molecule has 0 aliphatic carbocycles. The number of rotatable bonds is 19. The number of hydrogen-bond donors (Lipinski definition) is 2. The second-order valence-electron chi connectivity index (χ2n) is 6.57. The molecule has 0 spiro atoms. The van der Waals surface area contributed by atoms with Crippen molar-refractivity contribution in [2.45, 2.75) is 90.1 Å². The molecule has 0 saturated heterocycles. The van der Waals surface area contributed by atoms with Gasteiger partial charge in [0.05, 0.1) is 13.4 Å². The molecule has 0 saturated carbocycles. The average Bonchev–Trinajstić information content (AvgIpc) is 2.68. The van der Waals surface area contributed by atoms with E-state index in [1.165, 1.54) is 19.3 Å². The van der Waals surface area contributed by atoms with Crippen molar-refractivity contribution in [2.24, 2.45) is 0 Å². The molecule has 0 aromatic heterocycles. The summed E-state index contributed by atoms with van der Waals surface area (Å²) < 4.78 is 55.5. The van der Waals surface area contributed by atoms with Gasteiger partial charge >= 0.3 is 35.5 Å². The third kappa shape index (κ3) is 26.1. The van der Waals surface area contributed by atoms with Gasteiger partial charge in [0.2, 0.25) is 0 Å². The number of carbonyl (C=O) groups excluding carboxylic acids is 1. The zero-order valence-corrected chi connectivity index (χ0v) is 21.1. The molecule has 170 valence electrons. The standard InChI is InChI=1S/C21H39O7P.Na/c1-2-3-4-5-6-7-8-9-10-11-12-13-14-15-16-17-21(23)27-18-20(22)19-28-29(24,25)26;/h6-7,9-10,20,22H,2-5,8,11-19H2,1H3,(H2,24,25,26);/q;+1/p-1/b7-6-,10-9-;/i18D2,19D2,20D;. The van der Waals surface area contributed by atoms with Gasteiger partial charge in [-0.1, -0.05) is 63.3 Å². The van der Waals surface area contributed by atoms with E-state index in [1.807, 2.05) is 0 Å². The molecule has 0 fully saturated rings. The summed E-state index contributed by atoms with van der Waals surface area (Å²) in [5.41, 5.74) is 0. The molecule has 7 nitrogen and oxygen atoms in total. The summed E-state index contributed by atoms with van der Waals surface area (Å²) in [6.45, 7) is -5.40. The molecule has 0 aromatic rings. The van der Waals surface area contributed by atoms with Crippen LogP contribution in [-0.4, -0.2) is 35.2 Å². The van der Waals surface area contributed by atoms with Crippen molar-refractivity contribution in [3.8, 4) is 0 Å². The largest absolute Gasteiger partial charge is 1.00 e. The van der Waals surface area contributed by atoms with Gasteiger partial charge in [-0.15, -0.1) is 0 Å². The van der Waals surface area contributed by atoms with Crippen LogP contribution in [0.5, 0.6) is 0 Å². The Hall–Kier alpha value is 0.0200. The molecule has 2 N–H and O–H groups in total. The van der Waals surface area contributed by atoms with Crippen LogP contribution in [0.25, 0.3) is 0 Å². The first-order valence-electron chi connectivity index (χ1n) is 12.6. The molecule has 9 heteroatoms. The summed E-state index contributed by atoms with van der Waals surface area (Å²) in [5, 5.41) is 9.82. The minimum Gasteiger partial charge on any atom is -0.756 e. The maximum atomic E-state index is 11.9. The van der Waals surface area contributed by atoms with E-state index in [1.54, 1.807) is 0 Å². The van der Waals surface area contributed by atoms with Gasteiger partial charge in [-0.2, -0.15) is 0 Å². The van der Waals surface area contributed by atoms with Gasteiger partial charge in [0, 0.05) is 6.42 Å². The average molecular weight is 462 g/mol. The number of ether oxygens (including phenoxy) is 1. The van der Waals surface area contributed by atoms with Crippen LogP contribution in [0, 0.1) is 0 Å². The van der Waals surface area contributed by atoms with Crippen LogP contribution in [0.3, 0.4) is 0 Å². The third-order valence-electron chi connectivity index (χ3n) is 3.85. The molecular weight excluding hydrogens is 418 g/mol. The molecule has 0 radical (unpaired) electrons. The van der Waals surface area contributed by atoms with Gasteiger partial charge in [-0.05, 0) is 38.5 Å². The van der Waals surface area contributed by atoms with Crippen LogP contribution in [-0.2, 0) is 18.6 Å². The second-order valence-corrected chi connectivity index (χ2v) is 7.69. The third-order valence-corrected chi connectivity index (χ3v) is 4.17. The Labute approximate surface area is 210 Å². The first-order chi connectivity index (χ1) is 15.7. The van der Waals surface area contributed by atoms with E-state index in [4.69, 9.17) is 11.7 Å². The molecule has 0 aliphatic heterocycles. The number of phosphoric acid groups is 1. The predicted molar refractivity (Wildman–Crippen MR) is 112 cm³/mol. The quantitative estimate of drug-likeness (QED) is 0.0976. The zero-order chi connectivity index (χ0) is 26.3. The van der Waals surface area contributed by atoms with Gasteiger partial charge in [-0.25, -0.2) is 0 Å². The maximum absolute atomic E-state index is 11.9. The molecule has 2 atom stereocenters. The first kappa shape index (κ1) is 23.2. The van der Waals surface area contributed by atoms with Crippen molar-refractivity contribution in [3.05, 3.63) is 24.3 Å². The fourth-order valence-electron chi connectivity index (χ4n) is 2.36. The number of hydrogen-bond acceptors (Lipinski definition) is 6. The van der Waals surface area contributed by atoms with E-state index in [2.05, 4.69) is 40.5 Å². The van der Waals surface area contributed by atoms with E-state index < -0.39 is 33.0 Å². The van der Waals surface area contributed by atoms with Crippen LogP contribution in [0.2, 0.25) is 0 Å². The Balaban J connectivity index is 0. The topological polar surface area (TPSA) is 116 Å². The van der Waals surface area contributed by atoms with Crippen LogP contribution in [0.1, 0.15) is 90.8 Å². The smallest absolute Gasteiger partial charge is 0.756 e. The summed E-state index contributed by atoms with van der Waals surface area (Å²) >= 11 is 0. The van der Waals surface area contributed by atoms with Gasteiger partial charge in [-0.3, -0.25) is 9.36 Å². The van der Waals surface area contributed by atoms with Crippen molar-refractivity contribution < 1.29 is 69.9 Å². The number of phosphoric ester groups is 1. The number of allylic oxidation sites excluding steroid dienone is 4. The Kier molecular flexibility index (Phi) is 17.2. The van der Waals surface area contributed by atoms with Gasteiger partial charge < -0.3 is 24.2 Å².